The molecule has 1 aromatic carbocycles. The van der Waals surface area contributed by atoms with Crippen LogP contribution in [-0.2, 0) is 20.8 Å². The van der Waals surface area contributed by atoms with Gasteiger partial charge in [-0.1, -0.05) is 79.1 Å². The number of hydrogen-bond acceptors (Lipinski definition) is 4. The lowest BCUT2D eigenvalue weighted by Crippen LogP contribution is -2.67. The van der Waals surface area contributed by atoms with Gasteiger partial charge in [-0.25, -0.2) is 0 Å². The SMILES string of the molecule is CC(C)=CCC(=O)C1=C(O)[C@@]2(Cc3ccccc3)C[C@@H](CC=C(C)C)C(C)(C)[C@@](CC=C(C)C)(C1=O)C2=O. The van der Waals surface area contributed by atoms with Crippen molar-refractivity contribution in [3.05, 3.63) is 82.2 Å². The number of aliphatic hydroxyl groups excluding tert-OH is 1. The van der Waals surface area contributed by atoms with Crippen LogP contribution in [0.25, 0.3) is 0 Å². The minimum absolute atomic E-state index is 0.0173. The van der Waals surface area contributed by atoms with Crippen molar-refractivity contribution in [3.63, 3.8) is 0 Å². The van der Waals surface area contributed by atoms with Crippen molar-refractivity contribution in [1.29, 1.82) is 0 Å². The zero-order valence-electron chi connectivity index (χ0n) is 24.4. The summed E-state index contributed by atoms with van der Waals surface area (Å²) < 4.78 is 0. The van der Waals surface area contributed by atoms with E-state index in [1.165, 1.54) is 5.57 Å². The molecule has 4 heteroatoms. The van der Waals surface area contributed by atoms with Crippen molar-refractivity contribution in [1.82, 2.24) is 0 Å². The molecule has 0 radical (unpaired) electrons. The van der Waals surface area contributed by atoms with Gasteiger partial charge in [-0.2, -0.15) is 0 Å². The van der Waals surface area contributed by atoms with Crippen LogP contribution in [0.5, 0.6) is 0 Å². The van der Waals surface area contributed by atoms with Gasteiger partial charge in [-0.05, 0) is 84.1 Å². The summed E-state index contributed by atoms with van der Waals surface area (Å²) in [6.07, 6.45) is 7.45. The maximum Gasteiger partial charge on any atom is 0.184 e. The molecule has 0 heterocycles. The molecule has 1 saturated carbocycles. The lowest BCUT2D eigenvalue weighted by molar-refractivity contribution is -0.171. The van der Waals surface area contributed by atoms with Crippen LogP contribution >= 0.6 is 0 Å². The first-order chi connectivity index (χ1) is 17.7. The van der Waals surface area contributed by atoms with E-state index in [2.05, 4.69) is 6.08 Å². The van der Waals surface area contributed by atoms with Crippen LogP contribution < -0.4 is 0 Å². The first-order valence-electron chi connectivity index (χ1n) is 13.7. The van der Waals surface area contributed by atoms with Gasteiger partial charge in [0.2, 0.25) is 0 Å². The summed E-state index contributed by atoms with van der Waals surface area (Å²) in [5.41, 5.74) is 0.342. The van der Waals surface area contributed by atoms with E-state index in [-0.39, 0.29) is 42.3 Å². The average molecular weight is 517 g/mol. The second-order valence-corrected chi connectivity index (χ2v) is 12.6. The van der Waals surface area contributed by atoms with Crippen LogP contribution in [0.4, 0.5) is 0 Å². The Morgan fingerprint density at radius 1 is 0.921 bits per heavy atom. The summed E-state index contributed by atoms with van der Waals surface area (Å²) in [5, 5.41) is 11.9. The molecule has 204 valence electrons. The van der Waals surface area contributed by atoms with Gasteiger partial charge < -0.3 is 5.11 Å². The van der Waals surface area contributed by atoms with Crippen LogP contribution in [0.1, 0.15) is 86.6 Å². The highest BCUT2D eigenvalue weighted by Crippen LogP contribution is 2.66. The molecule has 3 atom stereocenters. The Hall–Kier alpha value is -3.01. The maximum atomic E-state index is 14.8. The van der Waals surface area contributed by atoms with E-state index < -0.39 is 27.8 Å². The van der Waals surface area contributed by atoms with E-state index >= 15 is 0 Å². The van der Waals surface area contributed by atoms with E-state index in [1.807, 2.05) is 91.8 Å². The van der Waals surface area contributed by atoms with E-state index in [1.54, 1.807) is 6.08 Å². The Kier molecular flexibility index (Phi) is 8.55. The van der Waals surface area contributed by atoms with Crippen molar-refractivity contribution < 1.29 is 19.5 Å². The van der Waals surface area contributed by atoms with Gasteiger partial charge in [0.15, 0.2) is 17.3 Å². The standard InChI is InChI=1S/C34H44O4/c1-22(2)14-16-26-21-33(20-25-12-10-9-11-13-25)29(36)28(27(35)17-15-23(3)4)30(37)34(31(33)38,32(26,7)8)19-18-24(5)6/h9-15,18,26,36H,16-17,19-21H2,1-8H3/t26-,33-,34+/m1/s1. The molecular formula is C34H44O4. The van der Waals surface area contributed by atoms with Crippen LogP contribution in [0, 0.1) is 22.2 Å². The maximum absolute atomic E-state index is 14.8. The molecule has 0 aliphatic heterocycles. The van der Waals surface area contributed by atoms with Gasteiger partial charge in [0, 0.05) is 6.42 Å². The van der Waals surface area contributed by atoms with Crippen LogP contribution in [0.3, 0.4) is 0 Å². The van der Waals surface area contributed by atoms with Crippen molar-refractivity contribution in [2.45, 2.75) is 87.5 Å². The molecule has 38 heavy (non-hydrogen) atoms. The second-order valence-electron chi connectivity index (χ2n) is 12.6. The van der Waals surface area contributed by atoms with Gasteiger partial charge in [0.1, 0.15) is 16.7 Å². The first-order valence-corrected chi connectivity index (χ1v) is 13.7. The minimum Gasteiger partial charge on any atom is -0.510 e. The number of hydrogen-bond donors (Lipinski definition) is 1. The van der Waals surface area contributed by atoms with Gasteiger partial charge in [0.05, 0.1) is 5.41 Å². The monoisotopic (exact) mass is 516 g/mol. The molecule has 3 rings (SSSR count). The number of allylic oxidation sites excluding steroid dienone is 8. The summed E-state index contributed by atoms with van der Waals surface area (Å²) >= 11 is 0. The topological polar surface area (TPSA) is 71.4 Å². The summed E-state index contributed by atoms with van der Waals surface area (Å²) in [6, 6.07) is 9.63. The quantitative estimate of drug-likeness (QED) is 0.206. The Labute approximate surface area is 228 Å². The first kappa shape index (κ1) is 29.5. The molecule has 0 spiro atoms. The molecule has 0 unspecified atom stereocenters. The largest absolute Gasteiger partial charge is 0.510 e. The highest BCUT2D eigenvalue weighted by atomic mass is 16.3. The van der Waals surface area contributed by atoms with Crippen molar-refractivity contribution in [2.24, 2.45) is 22.2 Å². The molecular weight excluding hydrogens is 472 g/mol. The van der Waals surface area contributed by atoms with Gasteiger partial charge in [-0.3, -0.25) is 14.4 Å². The van der Waals surface area contributed by atoms with E-state index in [4.69, 9.17) is 0 Å². The number of carbonyl (C=O) groups excluding carboxylic acids is 3. The molecule has 4 nitrogen and oxygen atoms in total. The zero-order chi connectivity index (χ0) is 28.5. The molecule has 1 fully saturated rings. The van der Waals surface area contributed by atoms with Gasteiger partial charge in [0.25, 0.3) is 0 Å². The number of ketones is 3. The van der Waals surface area contributed by atoms with E-state index in [0.29, 0.717) is 12.8 Å². The Balaban J connectivity index is 2.39. The summed E-state index contributed by atoms with van der Waals surface area (Å²) in [7, 11) is 0. The molecule has 1 N–H and O–H groups in total. The van der Waals surface area contributed by atoms with Gasteiger partial charge >= 0.3 is 0 Å². The molecule has 2 aliphatic rings. The second kappa shape index (κ2) is 11.0. The summed E-state index contributed by atoms with van der Waals surface area (Å²) in [4.78, 5) is 43.0. The Bertz CT molecular complexity index is 1230. The third-order valence-electron chi connectivity index (χ3n) is 8.79. The smallest absolute Gasteiger partial charge is 0.184 e. The predicted molar refractivity (Wildman–Crippen MR) is 154 cm³/mol. The molecule has 2 bridgehead atoms. The number of benzene rings is 1. The number of rotatable bonds is 9. The molecule has 0 amide bonds. The highest BCUT2D eigenvalue weighted by molar-refractivity contribution is 6.32. The van der Waals surface area contributed by atoms with Gasteiger partial charge in [-0.15, -0.1) is 0 Å². The molecule has 0 saturated heterocycles. The van der Waals surface area contributed by atoms with Crippen molar-refractivity contribution in [2.75, 3.05) is 0 Å². The fourth-order valence-corrected chi connectivity index (χ4v) is 6.38. The summed E-state index contributed by atoms with van der Waals surface area (Å²) in [5.74, 6) is -1.55. The van der Waals surface area contributed by atoms with E-state index in [9.17, 15) is 19.5 Å². The van der Waals surface area contributed by atoms with Crippen LogP contribution in [0.2, 0.25) is 0 Å². The number of Topliss-reactive ketones (excluding diaryl/α,β-unsaturated/α-hetero) is 3. The van der Waals surface area contributed by atoms with Crippen LogP contribution in [0.15, 0.2) is 76.6 Å². The lowest BCUT2D eigenvalue weighted by atomic mass is 9.39. The fourth-order valence-electron chi connectivity index (χ4n) is 6.38. The lowest BCUT2D eigenvalue weighted by Gasteiger charge is -2.60. The summed E-state index contributed by atoms with van der Waals surface area (Å²) in [6.45, 7) is 15.8. The Morgan fingerprint density at radius 3 is 2.05 bits per heavy atom. The normalized spacial score (nSPS) is 26.1. The van der Waals surface area contributed by atoms with Crippen molar-refractivity contribution in [3.8, 4) is 0 Å². The number of fused-ring (bicyclic) bond motifs is 2. The average Bonchev–Trinajstić information content (AvgIpc) is 2.83. The van der Waals surface area contributed by atoms with Crippen molar-refractivity contribution >= 4 is 17.3 Å². The fraction of sp³-hybridized carbons (Fsp3) is 0.500. The number of carbonyl (C=O) groups is 3. The van der Waals surface area contributed by atoms with E-state index in [0.717, 1.165) is 16.7 Å². The zero-order valence-corrected chi connectivity index (χ0v) is 24.4. The molecule has 2 aliphatic carbocycles. The predicted octanol–water partition coefficient (Wildman–Crippen LogP) is 7.85. The third kappa shape index (κ3) is 5.02. The highest BCUT2D eigenvalue weighted by Gasteiger charge is 2.72. The van der Waals surface area contributed by atoms with Crippen LogP contribution in [-0.4, -0.2) is 22.5 Å². The molecule has 1 aromatic rings. The third-order valence-corrected chi connectivity index (χ3v) is 8.79. The minimum atomic E-state index is -1.44. The molecule has 0 aromatic heterocycles. The Morgan fingerprint density at radius 2 is 1.50 bits per heavy atom. The number of aliphatic hydroxyl groups is 1.